The molecule has 0 saturated carbocycles. The largest absolute Gasteiger partial charge is 0.478 e. The first-order valence-corrected chi connectivity index (χ1v) is 13.2. The summed E-state index contributed by atoms with van der Waals surface area (Å²) in [6.07, 6.45) is 3.81. The fraction of sp³-hybridized carbons (Fsp3) is 0.538. The van der Waals surface area contributed by atoms with Crippen molar-refractivity contribution in [2.45, 2.75) is 72.4 Å². The summed E-state index contributed by atoms with van der Waals surface area (Å²) in [5, 5.41) is 17.2. The lowest BCUT2D eigenvalue weighted by Gasteiger charge is -2.39. The molecule has 8 nitrogen and oxygen atoms in total. The predicted molar refractivity (Wildman–Crippen MR) is 144 cm³/mol. The van der Waals surface area contributed by atoms with Crippen molar-refractivity contribution in [2.75, 3.05) is 24.5 Å². The lowest BCUT2D eigenvalue weighted by molar-refractivity contribution is -0.115. The first-order valence-electron chi connectivity index (χ1n) is 12.4. The Balaban J connectivity index is 1.77. The van der Waals surface area contributed by atoms with Gasteiger partial charge in [-0.2, -0.15) is 0 Å². The van der Waals surface area contributed by atoms with Crippen molar-refractivity contribution in [1.82, 2.24) is 15.6 Å². The molecule has 35 heavy (non-hydrogen) atoms. The summed E-state index contributed by atoms with van der Waals surface area (Å²) in [5.74, 6) is -1.08. The molecule has 1 aromatic heterocycles. The third-order valence-corrected chi connectivity index (χ3v) is 7.75. The zero-order valence-electron chi connectivity index (χ0n) is 21.4. The molecule has 1 amide bonds. The molecule has 190 valence electrons. The molecular formula is C26H37N5O3S. The van der Waals surface area contributed by atoms with E-state index < -0.39 is 5.97 Å². The van der Waals surface area contributed by atoms with Crippen molar-refractivity contribution in [3.8, 4) is 0 Å². The predicted octanol–water partition coefficient (Wildman–Crippen LogP) is 4.61. The highest BCUT2D eigenvalue weighted by Crippen LogP contribution is 2.33. The molecule has 1 saturated heterocycles. The van der Waals surface area contributed by atoms with Crippen molar-refractivity contribution in [3.05, 3.63) is 35.0 Å². The Kier molecular flexibility index (Phi) is 9.40. The second-order valence-electron chi connectivity index (χ2n) is 9.10. The number of unbranched alkanes of at least 4 members (excludes halogenated alkanes) is 1. The summed E-state index contributed by atoms with van der Waals surface area (Å²) < 4.78 is 0.693. The number of benzene rings is 1. The summed E-state index contributed by atoms with van der Waals surface area (Å²) in [5.41, 5.74) is 3.52. The smallest absolute Gasteiger partial charge is 0.337 e. The molecule has 9 heteroatoms. The van der Waals surface area contributed by atoms with Crippen LogP contribution in [-0.4, -0.2) is 59.4 Å². The summed E-state index contributed by atoms with van der Waals surface area (Å²) in [4.78, 5) is 36.0. The minimum atomic E-state index is -0.942. The van der Waals surface area contributed by atoms with Crippen LogP contribution in [0.4, 0.5) is 5.13 Å². The van der Waals surface area contributed by atoms with Crippen LogP contribution >= 0.6 is 11.3 Å². The normalized spacial score (nSPS) is 19.6. The number of rotatable bonds is 10. The van der Waals surface area contributed by atoms with Gasteiger partial charge in [0.1, 0.15) is 5.71 Å². The molecule has 1 aliphatic heterocycles. The van der Waals surface area contributed by atoms with E-state index in [0.717, 1.165) is 49.6 Å². The number of amides is 1. The molecule has 0 aliphatic carbocycles. The fourth-order valence-corrected chi connectivity index (χ4v) is 5.24. The number of aromatic nitrogens is 1. The number of fused-ring (bicyclic) bond motifs is 1. The summed E-state index contributed by atoms with van der Waals surface area (Å²) in [6.45, 7) is 12.3. The summed E-state index contributed by atoms with van der Waals surface area (Å²) >= 11 is 1.42. The Bertz CT molecular complexity index is 1120. The lowest BCUT2D eigenvalue weighted by Crippen LogP contribution is -2.60. The van der Waals surface area contributed by atoms with Gasteiger partial charge in [0.25, 0.3) is 5.91 Å². The fourth-order valence-electron chi connectivity index (χ4n) is 4.14. The number of carboxylic acids is 1. The molecule has 2 aromatic rings. The number of carbonyl (C=O) groups is 2. The number of hydrogen-bond acceptors (Lipinski definition) is 7. The highest BCUT2D eigenvalue weighted by atomic mass is 32.1. The van der Waals surface area contributed by atoms with E-state index in [0.29, 0.717) is 22.5 Å². The second kappa shape index (κ2) is 12.3. The van der Waals surface area contributed by atoms with Crippen molar-refractivity contribution in [2.24, 2.45) is 4.99 Å². The molecule has 0 spiro atoms. The molecule has 3 rings (SSSR count). The maximum Gasteiger partial charge on any atom is 0.337 e. The van der Waals surface area contributed by atoms with Gasteiger partial charge in [-0.15, -0.1) is 0 Å². The van der Waals surface area contributed by atoms with Crippen molar-refractivity contribution in [3.63, 3.8) is 0 Å². The van der Waals surface area contributed by atoms with Gasteiger partial charge in [-0.05, 0) is 58.7 Å². The number of nitrogens with one attached hydrogen (secondary N) is 2. The number of piperidine rings is 1. The van der Waals surface area contributed by atoms with Crippen LogP contribution in [0.3, 0.4) is 0 Å². The molecule has 1 aromatic carbocycles. The van der Waals surface area contributed by atoms with Crippen LogP contribution in [0.2, 0.25) is 0 Å². The molecule has 2 unspecified atom stereocenters. The maximum absolute atomic E-state index is 12.9. The van der Waals surface area contributed by atoms with Gasteiger partial charge in [0.05, 0.1) is 15.8 Å². The van der Waals surface area contributed by atoms with E-state index in [-0.39, 0.29) is 23.6 Å². The van der Waals surface area contributed by atoms with Gasteiger partial charge in [-0.3, -0.25) is 9.79 Å². The van der Waals surface area contributed by atoms with Crippen molar-refractivity contribution >= 4 is 44.3 Å². The number of hydrogen-bond donors (Lipinski definition) is 3. The number of allylic oxidation sites excluding steroid dienone is 2. The Morgan fingerprint density at radius 1 is 1.23 bits per heavy atom. The SMILES string of the molecule is CCCCNC1CN(c2nc3cccc(C(=O)O)c3s2)CCC1NC(=O)C(C)=N/C(C)=C(\C)CC. The topological polar surface area (TPSA) is 107 Å². The quantitative estimate of drug-likeness (QED) is 0.325. The second-order valence-corrected chi connectivity index (χ2v) is 10.1. The Morgan fingerprint density at radius 3 is 2.69 bits per heavy atom. The monoisotopic (exact) mass is 499 g/mol. The van der Waals surface area contributed by atoms with Crippen LogP contribution in [0.5, 0.6) is 0 Å². The Morgan fingerprint density at radius 2 is 2.00 bits per heavy atom. The van der Waals surface area contributed by atoms with E-state index in [9.17, 15) is 14.7 Å². The number of aliphatic imine (C=N–C) groups is 1. The zero-order chi connectivity index (χ0) is 25.5. The van der Waals surface area contributed by atoms with Crippen LogP contribution in [0.15, 0.2) is 34.5 Å². The van der Waals surface area contributed by atoms with Gasteiger partial charge in [0.2, 0.25) is 0 Å². The number of carbonyl (C=O) groups excluding carboxylic acids is 1. The number of nitrogens with zero attached hydrogens (tertiary/aromatic N) is 3. The maximum atomic E-state index is 12.9. The first-order chi connectivity index (χ1) is 16.7. The molecule has 0 bridgehead atoms. The van der Waals surface area contributed by atoms with Gasteiger partial charge in [0, 0.05) is 30.9 Å². The van der Waals surface area contributed by atoms with Crippen LogP contribution in [0, 0.1) is 0 Å². The van der Waals surface area contributed by atoms with Crippen LogP contribution < -0.4 is 15.5 Å². The van der Waals surface area contributed by atoms with Gasteiger partial charge < -0.3 is 20.6 Å². The van der Waals surface area contributed by atoms with E-state index in [4.69, 9.17) is 4.98 Å². The summed E-state index contributed by atoms with van der Waals surface area (Å²) in [7, 11) is 0. The number of aromatic carboxylic acids is 1. The minimum Gasteiger partial charge on any atom is -0.478 e. The van der Waals surface area contributed by atoms with E-state index in [1.807, 2.05) is 19.9 Å². The van der Waals surface area contributed by atoms with Crippen molar-refractivity contribution < 1.29 is 14.7 Å². The molecule has 1 fully saturated rings. The van der Waals surface area contributed by atoms with E-state index >= 15 is 0 Å². The van der Waals surface area contributed by atoms with Crippen LogP contribution in [0.25, 0.3) is 10.2 Å². The Labute approximate surface area is 211 Å². The average Bonchev–Trinajstić information content (AvgIpc) is 3.28. The first kappa shape index (κ1) is 26.8. The van der Waals surface area contributed by atoms with Crippen LogP contribution in [0.1, 0.15) is 70.7 Å². The number of carboxylic acid groups (broad SMARTS) is 1. The highest BCUT2D eigenvalue weighted by Gasteiger charge is 2.32. The van der Waals surface area contributed by atoms with E-state index in [1.54, 1.807) is 19.1 Å². The van der Waals surface area contributed by atoms with E-state index in [1.165, 1.54) is 16.9 Å². The average molecular weight is 500 g/mol. The minimum absolute atomic E-state index is 0.0266. The van der Waals surface area contributed by atoms with Gasteiger partial charge >= 0.3 is 5.97 Å². The molecule has 2 heterocycles. The third kappa shape index (κ3) is 6.67. The van der Waals surface area contributed by atoms with Crippen LogP contribution in [-0.2, 0) is 4.79 Å². The molecule has 3 N–H and O–H groups in total. The van der Waals surface area contributed by atoms with E-state index in [2.05, 4.69) is 34.4 Å². The van der Waals surface area contributed by atoms with Crippen molar-refractivity contribution in [1.29, 1.82) is 0 Å². The highest BCUT2D eigenvalue weighted by molar-refractivity contribution is 7.22. The van der Waals surface area contributed by atoms with Gasteiger partial charge in [-0.1, -0.05) is 43.2 Å². The number of thiazole rings is 1. The molecular weight excluding hydrogens is 462 g/mol. The van der Waals surface area contributed by atoms with Gasteiger partial charge in [-0.25, -0.2) is 9.78 Å². The molecule has 1 aliphatic rings. The van der Waals surface area contributed by atoms with Gasteiger partial charge in [0.15, 0.2) is 5.13 Å². The summed E-state index contributed by atoms with van der Waals surface area (Å²) in [6, 6.07) is 5.22. The Hall–Kier alpha value is -2.78. The standard InChI is InChI=1S/C26H37N5O3S/c1-6-8-13-27-22-15-31(26-30-21-11-9-10-19(25(33)34)23(21)35-26)14-12-20(22)29-24(32)18(5)28-17(4)16(3)7-2/h9-11,20,22,27H,6-8,12-15H2,1-5H3,(H,29,32)(H,33,34)/b17-16+,28-18?. The zero-order valence-corrected chi connectivity index (χ0v) is 22.2. The molecule has 0 radical (unpaired) electrons. The third-order valence-electron chi connectivity index (χ3n) is 6.58. The lowest BCUT2D eigenvalue weighted by atomic mass is 9.99. The molecule has 2 atom stereocenters. The number of anilines is 1.